The summed E-state index contributed by atoms with van der Waals surface area (Å²) in [4.78, 5) is 27.6. The summed E-state index contributed by atoms with van der Waals surface area (Å²) in [5.41, 5.74) is 3.90. The number of hydrogen-bond acceptors (Lipinski definition) is 6. The summed E-state index contributed by atoms with van der Waals surface area (Å²) in [6, 6.07) is 9.12. The third kappa shape index (κ3) is 3.80. The van der Waals surface area contributed by atoms with E-state index in [2.05, 4.69) is 36.9 Å². The van der Waals surface area contributed by atoms with Crippen LogP contribution < -0.4 is 14.4 Å². The van der Waals surface area contributed by atoms with E-state index >= 15 is 0 Å². The summed E-state index contributed by atoms with van der Waals surface area (Å²) in [6.07, 6.45) is 2.86. The Bertz CT molecular complexity index is 1030. The topological polar surface area (TPSA) is 85.2 Å². The smallest absolute Gasteiger partial charge is 0.280 e. The molecule has 0 aromatic heterocycles. The molecule has 8 heteroatoms. The van der Waals surface area contributed by atoms with E-state index in [1.54, 1.807) is 4.90 Å². The van der Waals surface area contributed by atoms with E-state index in [0.29, 0.717) is 30.2 Å². The second-order valence-corrected chi connectivity index (χ2v) is 7.39. The minimum absolute atomic E-state index is 0.0310. The predicted molar refractivity (Wildman–Crippen MR) is 113 cm³/mol. The van der Waals surface area contributed by atoms with Crippen molar-refractivity contribution < 1.29 is 19.2 Å². The second kappa shape index (κ2) is 8.06. The summed E-state index contributed by atoms with van der Waals surface area (Å²) in [7, 11) is 0. The van der Waals surface area contributed by atoms with Gasteiger partial charge in [-0.05, 0) is 43.2 Å². The molecule has 2 aromatic rings. The zero-order valence-electron chi connectivity index (χ0n) is 17.0. The molecule has 0 atom stereocenters. The average molecular weight is 409 g/mol. The maximum absolute atomic E-state index is 12.6. The fourth-order valence-electron chi connectivity index (χ4n) is 3.75. The van der Waals surface area contributed by atoms with Crippen LogP contribution in [0.5, 0.6) is 11.5 Å². The maximum atomic E-state index is 12.6. The average Bonchev–Trinajstić information content (AvgIpc) is 3.21. The fourth-order valence-corrected chi connectivity index (χ4v) is 3.75. The van der Waals surface area contributed by atoms with Gasteiger partial charge >= 0.3 is 0 Å². The Balaban J connectivity index is 1.44. The maximum Gasteiger partial charge on any atom is 0.280 e. The van der Waals surface area contributed by atoms with Crippen molar-refractivity contribution in [3.63, 3.8) is 0 Å². The van der Waals surface area contributed by atoms with Crippen LogP contribution in [0.25, 0.3) is 6.08 Å². The van der Waals surface area contributed by atoms with Crippen molar-refractivity contribution in [2.75, 3.05) is 37.9 Å². The molecule has 1 amide bonds. The second-order valence-electron chi connectivity index (χ2n) is 7.39. The number of ether oxygens (including phenoxy) is 2. The van der Waals surface area contributed by atoms with E-state index < -0.39 is 4.92 Å². The molecule has 1 fully saturated rings. The zero-order valence-corrected chi connectivity index (χ0v) is 17.0. The van der Waals surface area contributed by atoms with Gasteiger partial charge in [-0.2, -0.15) is 0 Å². The van der Waals surface area contributed by atoms with Crippen LogP contribution in [0.3, 0.4) is 0 Å². The molecule has 0 saturated carbocycles. The van der Waals surface area contributed by atoms with Crippen LogP contribution in [0.1, 0.15) is 16.7 Å². The van der Waals surface area contributed by atoms with Crippen molar-refractivity contribution >= 4 is 23.4 Å². The van der Waals surface area contributed by atoms with Gasteiger partial charge in [-0.3, -0.25) is 14.9 Å². The number of anilines is 1. The fraction of sp³-hybridized carbons (Fsp3) is 0.318. The quantitative estimate of drug-likeness (QED) is 0.438. The first-order valence-electron chi connectivity index (χ1n) is 9.80. The monoisotopic (exact) mass is 409 g/mol. The van der Waals surface area contributed by atoms with E-state index in [1.165, 1.54) is 41.1 Å². The van der Waals surface area contributed by atoms with Crippen LogP contribution in [-0.2, 0) is 4.79 Å². The van der Waals surface area contributed by atoms with Crippen molar-refractivity contribution in [3.8, 4) is 11.5 Å². The highest BCUT2D eigenvalue weighted by molar-refractivity contribution is 5.92. The number of piperazine rings is 1. The molecule has 0 unspecified atom stereocenters. The molecule has 0 spiro atoms. The lowest BCUT2D eigenvalue weighted by molar-refractivity contribution is -0.385. The van der Waals surface area contributed by atoms with Gasteiger partial charge in [0.15, 0.2) is 11.5 Å². The Kier molecular flexibility index (Phi) is 5.31. The first kappa shape index (κ1) is 19.8. The number of carbonyl (C=O) groups excluding carboxylic acids is 1. The molecule has 4 rings (SSSR count). The molecule has 0 bridgehead atoms. The Morgan fingerprint density at radius 3 is 2.50 bits per heavy atom. The molecule has 156 valence electrons. The molecule has 2 aliphatic heterocycles. The summed E-state index contributed by atoms with van der Waals surface area (Å²) in [5.74, 6) is 0.616. The summed E-state index contributed by atoms with van der Waals surface area (Å²) in [5, 5.41) is 11.4. The van der Waals surface area contributed by atoms with Crippen molar-refractivity contribution in [1.29, 1.82) is 0 Å². The van der Waals surface area contributed by atoms with E-state index in [-0.39, 0.29) is 18.4 Å². The highest BCUT2D eigenvalue weighted by Crippen LogP contribution is 2.38. The number of benzene rings is 2. The van der Waals surface area contributed by atoms with E-state index in [4.69, 9.17) is 9.47 Å². The van der Waals surface area contributed by atoms with Gasteiger partial charge in [0, 0.05) is 37.9 Å². The summed E-state index contributed by atoms with van der Waals surface area (Å²) < 4.78 is 10.5. The predicted octanol–water partition coefficient (Wildman–Crippen LogP) is 3.30. The number of rotatable bonds is 4. The number of amides is 1. The molecular formula is C22H23N3O5. The normalized spacial score (nSPS) is 15.7. The van der Waals surface area contributed by atoms with Crippen LogP contribution in [0, 0.1) is 24.0 Å². The van der Waals surface area contributed by atoms with Crippen molar-refractivity contribution in [1.82, 2.24) is 4.90 Å². The standard InChI is InChI=1S/C22H23N3O5/c1-15-4-3-5-18(16(15)2)23-8-10-24(11-9-23)22(26)7-6-17-12-20-21(30-14-29-20)13-19(17)25(27)28/h3-7,12-13H,8-11,14H2,1-2H3/b7-6+. The molecule has 2 aromatic carbocycles. The van der Waals surface area contributed by atoms with Gasteiger partial charge < -0.3 is 19.3 Å². The molecule has 30 heavy (non-hydrogen) atoms. The Morgan fingerprint density at radius 2 is 1.80 bits per heavy atom. The van der Waals surface area contributed by atoms with Gasteiger partial charge in [0.1, 0.15) is 0 Å². The number of fused-ring (bicyclic) bond motifs is 1. The van der Waals surface area contributed by atoms with Crippen molar-refractivity contribution in [2.24, 2.45) is 0 Å². The molecule has 1 saturated heterocycles. The molecule has 8 nitrogen and oxygen atoms in total. The molecular weight excluding hydrogens is 386 g/mol. The number of nitro benzene ring substituents is 1. The van der Waals surface area contributed by atoms with Gasteiger partial charge in [-0.25, -0.2) is 0 Å². The van der Waals surface area contributed by atoms with Gasteiger partial charge in [0.25, 0.3) is 5.69 Å². The molecule has 0 N–H and O–H groups in total. The lowest BCUT2D eigenvalue weighted by Gasteiger charge is -2.36. The van der Waals surface area contributed by atoms with E-state index in [9.17, 15) is 14.9 Å². The molecule has 2 heterocycles. The molecule has 0 radical (unpaired) electrons. The van der Waals surface area contributed by atoms with Gasteiger partial charge in [0.05, 0.1) is 16.6 Å². The minimum Gasteiger partial charge on any atom is -0.454 e. The number of carbonyl (C=O) groups is 1. The SMILES string of the molecule is Cc1cccc(N2CCN(C(=O)/C=C/c3cc4c(cc3[N+](=O)[O-])OCO4)CC2)c1C. The number of nitrogens with zero attached hydrogens (tertiary/aromatic N) is 3. The summed E-state index contributed by atoms with van der Waals surface area (Å²) >= 11 is 0. The first-order valence-corrected chi connectivity index (χ1v) is 9.80. The summed E-state index contributed by atoms with van der Waals surface area (Å²) in [6.45, 7) is 6.92. The van der Waals surface area contributed by atoms with Crippen molar-refractivity contribution in [3.05, 3.63) is 63.2 Å². The van der Waals surface area contributed by atoms with Crippen LogP contribution in [0.4, 0.5) is 11.4 Å². The Hall–Kier alpha value is -3.55. The third-order valence-corrected chi connectivity index (χ3v) is 5.63. The Morgan fingerprint density at radius 1 is 1.10 bits per heavy atom. The number of aryl methyl sites for hydroxylation is 1. The van der Waals surface area contributed by atoms with Gasteiger partial charge in [-0.15, -0.1) is 0 Å². The first-order chi connectivity index (χ1) is 14.4. The largest absolute Gasteiger partial charge is 0.454 e. The van der Waals surface area contributed by atoms with Gasteiger partial charge in [-0.1, -0.05) is 12.1 Å². The van der Waals surface area contributed by atoms with Crippen LogP contribution in [0.2, 0.25) is 0 Å². The number of hydrogen-bond donors (Lipinski definition) is 0. The molecule has 2 aliphatic rings. The lowest BCUT2D eigenvalue weighted by Crippen LogP contribution is -2.48. The van der Waals surface area contributed by atoms with Crippen LogP contribution in [0.15, 0.2) is 36.4 Å². The van der Waals surface area contributed by atoms with Gasteiger partial charge in [0.2, 0.25) is 12.7 Å². The Labute approximate surface area is 174 Å². The van der Waals surface area contributed by atoms with Crippen molar-refractivity contribution in [2.45, 2.75) is 13.8 Å². The van der Waals surface area contributed by atoms with E-state index in [0.717, 1.165) is 13.1 Å². The third-order valence-electron chi connectivity index (χ3n) is 5.63. The van der Waals surface area contributed by atoms with Crippen LogP contribution in [-0.4, -0.2) is 48.7 Å². The zero-order chi connectivity index (χ0) is 21.3. The van der Waals surface area contributed by atoms with Crippen LogP contribution >= 0.6 is 0 Å². The highest BCUT2D eigenvalue weighted by atomic mass is 16.7. The number of nitro groups is 1. The minimum atomic E-state index is -0.491. The van der Waals surface area contributed by atoms with E-state index in [1.807, 2.05) is 0 Å². The lowest BCUT2D eigenvalue weighted by atomic mass is 10.1. The molecule has 0 aliphatic carbocycles. The highest BCUT2D eigenvalue weighted by Gasteiger charge is 2.24.